The SMILES string of the molecule is CCCN(CC1CC1)C(=O)Nc1cccc(C(=O)O)c1C. The number of carbonyl (C=O) groups excluding carboxylic acids is 1. The lowest BCUT2D eigenvalue weighted by atomic mass is 10.1. The molecule has 2 N–H and O–H groups in total. The summed E-state index contributed by atoms with van der Waals surface area (Å²) in [6.45, 7) is 5.27. The standard InChI is InChI=1S/C16H22N2O3/c1-3-9-18(10-12-7-8-12)16(21)17-14-6-4-5-13(11(14)2)15(19)20/h4-6,12H,3,7-10H2,1-2H3,(H,17,21)(H,19,20). The topological polar surface area (TPSA) is 69.6 Å². The molecule has 2 rings (SSSR count). The second kappa shape index (κ2) is 6.61. The molecule has 0 unspecified atom stereocenters. The Morgan fingerprint density at radius 1 is 1.38 bits per heavy atom. The van der Waals surface area contributed by atoms with Crippen LogP contribution < -0.4 is 5.32 Å². The van der Waals surface area contributed by atoms with E-state index in [1.165, 1.54) is 12.8 Å². The quantitative estimate of drug-likeness (QED) is 0.844. The van der Waals surface area contributed by atoms with Crippen molar-refractivity contribution in [3.8, 4) is 0 Å². The maximum Gasteiger partial charge on any atom is 0.336 e. The summed E-state index contributed by atoms with van der Waals surface area (Å²) in [5, 5.41) is 12.0. The van der Waals surface area contributed by atoms with Crippen molar-refractivity contribution in [3.05, 3.63) is 29.3 Å². The smallest absolute Gasteiger partial charge is 0.336 e. The number of amides is 2. The van der Waals surface area contributed by atoms with E-state index in [2.05, 4.69) is 5.32 Å². The Balaban J connectivity index is 2.10. The van der Waals surface area contributed by atoms with E-state index in [0.29, 0.717) is 17.2 Å². The number of nitrogens with zero attached hydrogens (tertiary/aromatic N) is 1. The second-order valence-electron chi connectivity index (χ2n) is 5.60. The van der Waals surface area contributed by atoms with Crippen LogP contribution in [-0.2, 0) is 0 Å². The Morgan fingerprint density at radius 3 is 2.67 bits per heavy atom. The van der Waals surface area contributed by atoms with Crippen LogP contribution in [0.15, 0.2) is 18.2 Å². The summed E-state index contributed by atoms with van der Waals surface area (Å²) in [6.07, 6.45) is 3.30. The van der Waals surface area contributed by atoms with E-state index in [4.69, 9.17) is 5.11 Å². The average Bonchev–Trinajstić information content (AvgIpc) is 3.24. The predicted octanol–water partition coefficient (Wildman–Crippen LogP) is 3.35. The molecule has 0 atom stereocenters. The Hall–Kier alpha value is -2.04. The molecule has 0 saturated heterocycles. The summed E-state index contributed by atoms with van der Waals surface area (Å²) in [4.78, 5) is 25.3. The first-order chi connectivity index (χ1) is 10.0. The van der Waals surface area contributed by atoms with Crippen molar-refractivity contribution in [2.75, 3.05) is 18.4 Å². The largest absolute Gasteiger partial charge is 0.478 e. The molecule has 0 spiro atoms. The Labute approximate surface area is 125 Å². The molecule has 1 aliphatic rings. The molecule has 1 aliphatic carbocycles. The van der Waals surface area contributed by atoms with Crippen LogP contribution in [0.5, 0.6) is 0 Å². The van der Waals surface area contributed by atoms with Crippen molar-refractivity contribution in [1.29, 1.82) is 0 Å². The third-order valence-corrected chi connectivity index (χ3v) is 3.76. The van der Waals surface area contributed by atoms with Crippen LogP contribution in [0.2, 0.25) is 0 Å². The van der Waals surface area contributed by atoms with Gasteiger partial charge in [0.05, 0.1) is 5.56 Å². The van der Waals surface area contributed by atoms with Crippen LogP contribution in [0, 0.1) is 12.8 Å². The number of rotatable bonds is 6. The highest BCUT2D eigenvalue weighted by Gasteiger charge is 2.26. The van der Waals surface area contributed by atoms with Crippen molar-refractivity contribution in [3.63, 3.8) is 0 Å². The number of carbonyl (C=O) groups is 2. The van der Waals surface area contributed by atoms with E-state index >= 15 is 0 Å². The normalized spacial score (nSPS) is 13.8. The summed E-state index contributed by atoms with van der Waals surface area (Å²) in [5.41, 5.74) is 1.37. The summed E-state index contributed by atoms with van der Waals surface area (Å²) in [7, 11) is 0. The number of urea groups is 1. The number of aromatic carboxylic acids is 1. The van der Waals surface area contributed by atoms with Crippen LogP contribution in [0.25, 0.3) is 0 Å². The second-order valence-corrected chi connectivity index (χ2v) is 5.60. The van der Waals surface area contributed by atoms with Gasteiger partial charge in [-0.05, 0) is 49.8 Å². The first-order valence-electron chi connectivity index (χ1n) is 7.41. The van der Waals surface area contributed by atoms with E-state index in [-0.39, 0.29) is 11.6 Å². The molecule has 0 radical (unpaired) electrons. The predicted molar refractivity (Wildman–Crippen MR) is 81.7 cm³/mol. The molecule has 0 aliphatic heterocycles. The first-order valence-corrected chi connectivity index (χ1v) is 7.41. The van der Waals surface area contributed by atoms with Gasteiger partial charge in [0.25, 0.3) is 0 Å². The number of carboxylic acid groups (broad SMARTS) is 1. The van der Waals surface area contributed by atoms with Gasteiger partial charge in [0.15, 0.2) is 0 Å². The minimum absolute atomic E-state index is 0.144. The molecule has 21 heavy (non-hydrogen) atoms. The first kappa shape index (κ1) is 15.4. The van der Waals surface area contributed by atoms with Gasteiger partial charge in [-0.25, -0.2) is 9.59 Å². The maximum absolute atomic E-state index is 12.4. The highest BCUT2D eigenvalue weighted by atomic mass is 16.4. The van der Waals surface area contributed by atoms with Crippen LogP contribution in [-0.4, -0.2) is 35.1 Å². The summed E-state index contributed by atoms with van der Waals surface area (Å²) >= 11 is 0. The fourth-order valence-electron chi connectivity index (χ4n) is 2.35. The third-order valence-electron chi connectivity index (χ3n) is 3.76. The van der Waals surface area contributed by atoms with Crippen molar-refractivity contribution in [1.82, 2.24) is 4.90 Å². The van der Waals surface area contributed by atoms with Crippen molar-refractivity contribution in [2.24, 2.45) is 5.92 Å². The molecule has 2 amide bonds. The minimum Gasteiger partial charge on any atom is -0.478 e. The average molecular weight is 290 g/mol. The number of hydrogen-bond donors (Lipinski definition) is 2. The summed E-state index contributed by atoms with van der Waals surface area (Å²) in [6, 6.07) is 4.79. The van der Waals surface area contributed by atoms with Crippen molar-refractivity contribution >= 4 is 17.7 Å². The highest BCUT2D eigenvalue weighted by Crippen LogP contribution is 2.30. The molecular weight excluding hydrogens is 268 g/mol. The van der Waals surface area contributed by atoms with E-state index < -0.39 is 5.97 Å². The van der Waals surface area contributed by atoms with Gasteiger partial charge in [-0.3, -0.25) is 0 Å². The van der Waals surface area contributed by atoms with Crippen LogP contribution in [0.4, 0.5) is 10.5 Å². The van der Waals surface area contributed by atoms with Crippen LogP contribution in [0.3, 0.4) is 0 Å². The molecule has 0 bridgehead atoms. The zero-order valence-corrected chi connectivity index (χ0v) is 12.6. The number of nitrogens with one attached hydrogen (secondary N) is 1. The van der Waals surface area contributed by atoms with Crippen LogP contribution >= 0.6 is 0 Å². The zero-order valence-electron chi connectivity index (χ0n) is 12.6. The fraction of sp³-hybridized carbons (Fsp3) is 0.500. The summed E-state index contributed by atoms with van der Waals surface area (Å²) in [5.74, 6) is -0.347. The molecule has 114 valence electrons. The van der Waals surface area contributed by atoms with E-state index in [0.717, 1.165) is 19.5 Å². The van der Waals surface area contributed by atoms with Gasteiger partial charge >= 0.3 is 12.0 Å². The van der Waals surface area contributed by atoms with E-state index in [1.54, 1.807) is 25.1 Å². The molecule has 0 heterocycles. The molecule has 5 heteroatoms. The van der Waals surface area contributed by atoms with Gasteiger partial charge < -0.3 is 15.3 Å². The number of hydrogen-bond acceptors (Lipinski definition) is 2. The van der Waals surface area contributed by atoms with Crippen LogP contribution in [0.1, 0.15) is 42.1 Å². The molecule has 1 saturated carbocycles. The lowest BCUT2D eigenvalue weighted by molar-refractivity contribution is 0.0696. The maximum atomic E-state index is 12.4. The van der Waals surface area contributed by atoms with Crippen molar-refractivity contribution < 1.29 is 14.7 Å². The highest BCUT2D eigenvalue weighted by molar-refractivity contribution is 5.95. The van der Waals surface area contributed by atoms with E-state index in [9.17, 15) is 9.59 Å². The lowest BCUT2D eigenvalue weighted by Crippen LogP contribution is -2.37. The Bertz CT molecular complexity index is 538. The van der Waals surface area contributed by atoms with Gasteiger partial charge in [0.1, 0.15) is 0 Å². The van der Waals surface area contributed by atoms with Gasteiger partial charge in [-0.15, -0.1) is 0 Å². The summed E-state index contributed by atoms with van der Waals surface area (Å²) < 4.78 is 0. The number of carboxylic acids is 1. The monoisotopic (exact) mass is 290 g/mol. The van der Waals surface area contributed by atoms with Crippen molar-refractivity contribution in [2.45, 2.75) is 33.1 Å². The fourth-order valence-corrected chi connectivity index (χ4v) is 2.35. The molecule has 0 aromatic heterocycles. The number of benzene rings is 1. The lowest BCUT2D eigenvalue weighted by Gasteiger charge is -2.23. The Kier molecular flexibility index (Phi) is 4.83. The molecule has 1 fully saturated rings. The molecular formula is C16H22N2O3. The zero-order chi connectivity index (χ0) is 15.4. The molecule has 1 aromatic carbocycles. The van der Waals surface area contributed by atoms with Gasteiger partial charge in [0, 0.05) is 18.8 Å². The minimum atomic E-state index is -0.980. The van der Waals surface area contributed by atoms with Gasteiger partial charge in [0.2, 0.25) is 0 Å². The number of anilines is 1. The third kappa shape index (κ3) is 3.97. The van der Waals surface area contributed by atoms with Gasteiger partial charge in [-0.1, -0.05) is 13.0 Å². The molecule has 5 nitrogen and oxygen atoms in total. The van der Waals surface area contributed by atoms with E-state index in [1.807, 2.05) is 11.8 Å². The van der Waals surface area contributed by atoms with Gasteiger partial charge in [-0.2, -0.15) is 0 Å². The Morgan fingerprint density at radius 2 is 2.10 bits per heavy atom. The molecule has 1 aromatic rings.